The fraction of sp³-hybridized carbons (Fsp3) is 0.857. The van der Waals surface area contributed by atoms with Crippen LogP contribution in [0.4, 0.5) is 0 Å². The Morgan fingerprint density at radius 1 is 1.70 bits per heavy atom. The molecule has 0 saturated heterocycles. The molecule has 1 atom stereocenters. The summed E-state index contributed by atoms with van der Waals surface area (Å²) in [6, 6.07) is 1.95. The van der Waals surface area contributed by atoms with Crippen LogP contribution >= 0.6 is 0 Å². The number of ether oxygens (including phenoxy) is 1. The van der Waals surface area contributed by atoms with Crippen molar-refractivity contribution in [1.29, 1.82) is 5.26 Å². The Morgan fingerprint density at radius 2 is 2.40 bits per heavy atom. The summed E-state index contributed by atoms with van der Waals surface area (Å²) in [7, 11) is 0. The molecule has 0 radical (unpaired) electrons. The number of aliphatic hydroxyl groups is 1. The van der Waals surface area contributed by atoms with Gasteiger partial charge in [0.2, 0.25) is 0 Å². The summed E-state index contributed by atoms with van der Waals surface area (Å²) in [5, 5.41) is 17.0. The van der Waals surface area contributed by atoms with Crippen LogP contribution in [0.25, 0.3) is 0 Å². The molecule has 0 aliphatic carbocycles. The lowest BCUT2D eigenvalue weighted by molar-refractivity contribution is 0.0374. The Bertz CT molecular complexity index is 109. The molecule has 3 nitrogen and oxygen atoms in total. The molecule has 0 aromatic rings. The van der Waals surface area contributed by atoms with Gasteiger partial charge in [-0.25, -0.2) is 0 Å². The van der Waals surface area contributed by atoms with E-state index in [4.69, 9.17) is 15.1 Å². The molecule has 0 rings (SSSR count). The Balaban J connectivity index is 2.98. The lowest BCUT2D eigenvalue weighted by Gasteiger charge is -2.06. The predicted molar refractivity (Wildman–Crippen MR) is 37.3 cm³/mol. The van der Waals surface area contributed by atoms with Crippen LogP contribution in [0, 0.1) is 11.3 Å². The molecule has 0 fully saturated rings. The van der Waals surface area contributed by atoms with Gasteiger partial charge >= 0.3 is 0 Å². The first-order valence-electron chi connectivity index (χ1n) is 3.44. The van der Waals surface area contributed by atoms with Gasteiger partial charge in [0, 0.05) is 0 Å². The zero-order valence-corrected chi connectivity index (χ0v) is 6.21. The Kier molecular flexibility index (Phi) is 6.14. The number of hydrogen-bond acceptors (Lipinski definition) is 3. The minimum Gasteiger partial charge on any atom is -0.391 e. The summed E-state index contributed by atoms with van der Waals surface area (Å²) in [5.74, 6) is 0. The van der Waals surface area contributed by atoms with E-state index < -0.39 is 0 Å². The quantitative estimate of drug-likeness (QED) is 0.576. The third kappa shape index (κ3) is 5.54. The first-order valence-corrected chi connectivity index (χ1v) is 3.44. The molecule has 0 aromatic carbocycles. The van der Waals surface area contributed by atoms with E-state index in [1.165, 1.54) is 0 Å². The summed E-state index contributed by atoms with van der Waals surface area (Å²) in [6.45, 7) is 2.66. The zero-order valence-electron chi connectivity index (χ0n) is 6.21. The van der Waals surface area contributed by atoms with Crippen LogP contribution < -0.4 is 0 Å². The van der Waals surface area contributed by atoms with E-state index in [-0.39, 0.29) is 6.10 Å². The van der Waals surface area contributed by atoms with Crippen molar-refractivity contribution in [3.05, 3.63) is 0 Å². The second kappa shape index (κ2) is 6.53. The van der Waals surface area contributed by atoms with Crippen molar-refractivity contribution in [3.8, 4) is 6.07 Å². The van der Waals surface area contributed by atoms with Crippen LogP contribution in [0.3, 0.4) is 0 Å². The minimum absolute atomic E-state index is 0.345. The van der Waals surface area contributed by atoms with Crippen molar-refractivity contribution in [1.82, 2.24) is 0 Å². The van der Waals surface area contributed by atoms with E-state index in [1.54, 1.807) is 0 Å². The number of rotatable bonds is 5. The average molecular weight is 143 g/mol. The molecule has 0 aliphatic rings. The maximum atomic E-state index is 8.95. The number of nitriles is 1. The van der Waals surface area contributed by atoms with Crippen molar-refractivity contribution >= 4 is 0 Å². The van der Waals surface area contributed by atoms with Gasteiger partial charge in [-0.2, -0.15) is 5.26 Å². The van der Waals surface area contributed by atoms with Crippen LogP contribution in [0.15, 0.2) is 0 Å². The lowest BCUT2D eigenvalue weighted by atomic mass is 10.3. The van der Waals surface area contributed by atoms with Gasteiger partial charge in [-0.05, 0) is 6.42 Å². The van der Waals surface area contributed by atoms with E-state index in [9.17, 15) is 0 Å². The SMILES string of the molecule is CCC(O)COCCC#N. The molecule has 0 aromatic heterocycles. The Labute approximate surface area is 61.2 Å². The maximum absolute atomic E-state index is 8.95. The highest BCUT2D eigenvalue weighted by Gasteiger charge is 1.98. The van der Waals surface area contributed by atoms with Crippen molar-refractivity contribution in [2.45, 2.75) is 25.9 Å². The first-order chi connectivity index (χ1) is 4.81. The van der Waals surface area contributed by atoms with Crippen molar-refractivity contribution < 1.29 is 9.84 Å². The highest BCUT2D eigenvalue weighted by atomic mass is 16.5. The van der Waals surface area contributed by atoms with Gasteiger partial charge in [0.05, 0.1) is 31.8 Å². The number of hydrogen-bond donors (Lipinski definition) is 1. The maximum Gasteiger partial charge on any atom is 0.0771 e. The normalized spacial score (nSPS) is 12.5. The van der Waals surface area contributed by atoms with E-state index in [0.717, 1.165) is 0 Å². The summed E-state index contributed by atoms with van der Waals surface area (Å²) < 4.78 is 4.95. The molecule has 0 bridgehead atoms. The fourth-order valence-electron chi connectivity index (χ4n) is 0.455. The molecule has 0 heterocycles. The lowest BCUT2D eigenvalue weighted by Crippen LogP contribution is -2.13. The molecule has 0 amide bonds. The van der Waals surface area contributed by atoms with Gasteiger partial charge in [-0.1, -0.05) is 6.92 Å². The summed E-state index contributed by atoms with van der Waals surface area (Å²) in [5.41, 5.74) is 0. The van der Waals surface area contributed by atoms with Crippen LogP contribution in [-0.4, -0.2) is 24.4 Å². The van der Waals surface area contributed by atoms with Crippen molar-refractivity contribution in [2.75, 3.05) is 13.2 Å². The standard InChI is InChI=1S/C7H13NO2/c1-2-7(9)6-10-5-3-4-8/h7,9H,2-3,5-6H2,1H3. The van der Waals surface area contributed by atoms with E-state index in [2.05, 4.69) is 0 Å². The summed E-state index contributed by atoms with van der Waals surface area (Å²) in [6.07, 6.45) is 0.724. The molecule has 3 heteroatoms. The third-order valence-corrected chi connectivity index (χ3v) is 1.14. The first kappa shape index (κ1) is 9.41. The van der Waals surface area contributed by atoms with Crippen LogP contribution in [0.5, 0.6) is 0 Å². The average Bonchev–Trinajstić information content (AvgIpc) is 1.98. The Morgan fingerprint density at radius 3 is 2.90 bits per heavy atom. The second-order valence-corrected chi connectivity index (χ2v) is 2.05. The van der Waals surface area contributed by atoms with E-state index in [0.29, 0.717) is 26.1 Å². The molecule has 0 saturated carbocycles. The van der Waals surface area contributed by atoms with E-state index in [1.807, 2.05) is 13.0 Å². The summed E-state index contributed by atoms with van der Waals surface area (Å²) >= 11 is 0. The van der Waals surface area contributed by atoms with Crippen LogP contribution in [-0.2, 0) is 4.74 Å². The molecular weight excluding hydrogens is 130 g/mol. The van der Waals surface area contributed by atoms with Gasteiger partial charge in [0.1, 0.15) is 0 Å². The highest BCUT2D eigenvalue weighted by Crippen LogP contribution is 1.90. The molecule has 1 N–H and O–H groups in total. The molecule has 0 spiro atoms. The van der Waals surface area contributed by atoms with Crippen LogP contribution in [0.1, 0.15) is 19.8 Å². The number of nitrogens with zero attached hydrogens (tertiary/aromatic N) is 1. The second-order valence-electron chi connectivity index (χ2n) is 2.05. The fourth-order valence-corrected chi connectivity index (χ4v) is 0.455. The third-order valence-electron chi connectivity index (χ3n) is 1.14. The van der Waals surface area contributed by atoms with Gasteiger partial charge < -0.3 is 9.84 Å². The van der Waals surface area contributed by atoms with Crippen molar-refractivity contribution in [3.63, 3.8) is 0 Å². The number of aliphatic hydroxyl groups excluding tert-OH is 1. The topological polar surface area (TPSA) is 53.2 Å². The monoisotopic (exact) mass is 143 g/mol. The Hall–Kier alpha value is -0.590. The van der Waals surface area contributed by atoms with Gasteiger partial charge in [-0.3, -0.25) is 0 Å². The molecule has 0 aliphatic heterocycles. The highest BCUT2D eigenvalue weighted by molar-refractivity contribution is 4.67. The van der Waals surface area contributed by atoms with Gasteiger partial charge in [0.15, 0.2) is 0 Å². The molecule has 58 valence electrons. The van der Waals surface area contributed by atoms with Gasteiger partial charge in [0.25, 0.3) is 0 Å². The molecular formula is C7H13NO2. The van der Waals surface area contributed by atoms with E-state index >= 15 is 0 Å². The smallest absolute Gasteiger partial charge is 0.0771 e. The molecule has 10 heavy (non-hydrogen) atoms. The minimum atomic E-state index is -0.376. The predicted octanol–water partition coefficient (Wildman–Crippen LogP) is 0.688. The van der Waals surface area contributed by atoms with Crippen LogP contribution in [0.2, 0.25) is 0 Å². The summed E-state index contributed by atoms with van der Waals surface area (Å²) in [4.78, 5) is 0. The van der Waals surface area contributed by atoms with Crippen molar-refractivity contribution in [2.24, 2.45) is 0 Å². The zero-order chi connectivity index (χ0) is 7.82. The largest absolute Gasteiger partial charge is 0.391 e. The molecule has 1 unspecified atom stereocenters. The van der Waals surface area contributed by atoms with Gasteiger partial charge in [-0.15, -0.1) is 0 Å².